The fraction of sp³-hybridized carbons (Fsp3) is 0.375. The number of aromatic nitrogens is 1. The molecule has 0 saturated heterocycles. The number of nitrogens with zero attached hydrogens (tertiary/aromatic N) is 1. The minimum Gasteiger partial charge on any atom is -0.493 e. The average molecular weight is 319 g/mol. The van der Waals surface area contributed by atoms with E-state index in [2.05, 4.69) is 24.1 Å². The Morgan fingerprint density at radius 1 is 1.45 bits per heavy atom. The molecule has 2 rings (SSSR count). The Labute approximate surface area is 134 Å². The van der Waals surface area contributed by atoms with E-state index in [4.69, 9.17) is 10.5 Å². The van der Waals surface area contributed by atoms with E-state index in [0.717, 1.165) is 16.3 Å². The fourth-order valence-electron chi connectivity index (χ4n) is 1.79. The molecular formula is C16H21N3O2S. The normalized spacial score (nSPS) is 10.7. The van der Waals surface area contributed by atoms with Crippen LogP contribution in [0.2, 0.25) is 0 Å². The van der Waals surface area contributed by atoms with Crippen LogP contribution in [-0.2, 0) is 13.1 Å². The first-order chi connectivity index (χ1) is 10.6. The molecule has 0 aliphatic heterocycles. The van der Waals surface area contributed by atoms with Gasteiger partial charge in [-0.3, -0.25) is 4.79 Å². The third-order valence-electron chi connectivity index (χ3n) is 2.89. The molecule has 5 nitrogen and oxygen atoms in total. The van der Waals surface area contributed by atoms with Gasteiger partial charge in [-0.2, -0.15) is 0 Å². The zero-order valence-corrected chi connectivity index (χ0v) is 13.7. The first-order valence-corrected chi connectivity index (χ1v) is 8.11. The van der Waals surface area contributed by atoms with Gasteiger partial charge in [-0.15, -0.1) is 11.3 Å². The number of thiazole rings is 1. The van der Waals surface area contributed by atoms with Crippen LogP contribution < -0.4 is 15.8 Å². The topological polar surface area (TPSA) is 77.2 Å². The van der Waals surface area contributed by atoms with Gasteiger partial charge in [0.25, 0.3) is 5.91 Å². The molecule has 3 N–H and O–H groups in total. The van der Waals surface area contributed by atoms with Crippen molar-refractivity contribution in [1.29, 1.82) is 0 Å². The molecule has 2 aromatic rings. The predicted octanol–water partition coefficient (Wildman–Crippen LogP) is 2.57. The summed E-state index contributed by atoms with van der Waals surface area (Å²) in [5.41, 5.74) is 6.90. The third-order valence-corrected chi connectivity index (χ3v) is 3.76. The number of nitrogens with one attached hydrogen (secondary N) is 1. The molecule has 0 fully saturated rings. The summed E-state index contributed by atoms with van der Waals surface area (Å²) < 4.78 is 5.68. The van der Waals surface area contributed by atoms with Crippen LogP contribution in [0, 0.1) is 5.92 Å². The molecule has 0 spiro atoms. The highest BCUT2D eigenvalue weighted by Gasteiger charge is 2.10. The minimum absolute atomic E-state index is 0.190. The number of carbonyl (C=O) groups excluding carboxylic acids is 1. The monoisotopic (exact) mass is 319 g/mol. The van der Waals surface area contributed by atoms with Crippen molar-refractivity contribution in [3.05, 3.63) is 45.9 Å². The number of amides is 1. The van der Waals surface area contributed by atoms with E-state index in [1.807, 2.05) is 24.3 Å². The molecule has 1 aromatic heterocycles. The smallest absolute Gasteiger partial charge is 0.271 e. The van der Waals surface area contributed by atoms with Crippen molar-refractivity contribution >= 4 is 17.2 Å². The van der Waals surface area contributed by atoms with E-state index in [9.17, 15) is 4.79 Å². The number of nitrogens with two attached hydrogens (primary N) is 1. The maximum absolute atomic E-state index is 12.0. The maximum Gasteiger partial charge on any atom is 0.271 e. The molecule has 22 heavy (non-hydrogen) atoms. The lowest BCUT2D eigenvalue weighted by atomic mass is 10.2. The lowest BCUT2D eigenvalue weighted by Gasteiger charge is -2.10. The van der Waals surface area contributed by atoms with E-state index >= 15 is 0 Å². The van der Waals surface area contributed by atoms with E-state index in [1.165, 1.54) is 11.3 Å². The van der Waals surface area contributed by atoms with E-state index in [0.29, 0.717) is 31.3 Å². The van der Waals surface area contributed by atoms with Gasteiger partial charge in [0.2, 0.25) is 0 Å². The van der Waals surface area contributed by atoms with Crippen molar-refractivity contribution in [2.24, 2.45) is 11.7 Å². The molecule has 0 saturated carbocycles. The molecule has 0 bridgehead atoms. The maximum atomic E-state index is 12.0. The number of rotatable bonds is 7. The quantitative estimate of drug-likeness (QED) is 0.822. The predicted molar refractivity (Wildman–Crippen MR) is 88.0 cm³/mol. The Hall–Kier alpha value is -1.92. The molecule has 0 aliphatic rings. The zero-order chi connectivity index (χ0) is 15.9. The van der Waals surface area contributed by atoms with E-state index < -0.39 is 0 Å². The lowest BCUT2D eigenvalue weighted by molar-refractivity contribution is 0.0946. The standard InChI is InChI=1S/C16H21N3O2S/c1-11(2)9-21-13-5-3-4-12(6-13)8-18-16(20)14-10-22-15(7-17)19-14/h3-6,10-11H,7-9,17H2,1-2H3,(H,18,20). The van der Waals surface area contributed by atoms with Gasteiger partial charge in [-0.25, -0.2) is 4.98 Å². The molecule has 0 unspecified atom stereocenters. The first-order valence-electron chi connectivity index (χ1n) is 7.23. The minimum atomic E-state index is -0.190. The van der Waals surface area contributed by atoms with Crippen molar-refractivity contribution < 1.29 is 9.53 Å². The van der Waals surface area contributed by atoms with Gasteiger partial charge >= 0.3 is 0 Å². The number of hydrogen-bond donors (Lipinski definition) is 2. The van der Waals surface area contributed by atoms with Crippen LogP contribution in [0.1, 0.15) is 34.9 Å². The summed E-state index contributed by atoms with van der Waals surface area (Å²) in [6, 6.07) is 7.73. The Morgan fingerprint density at radius 3 is 2.95 bits per heavy atom. The van der Waals surface area contributed by atoms with Gasteiger partial charge in [0.05, 0.1) is 6.61 Å². The Balaban J connectivity index is 1.90. The van der Waals surface area contributed by atoms with Crippen LogP contribution in [0.5, 0.6) is 5.75 Å². The number of hydrogen-bond acceptors (Lipinski definition) is 5. The van der Waals surface area contributed by atoms with Crippen molar-refractivity contribution in [2.75, 3.05) is 6.61 Å². The summed E-state index contributed by atoms with van der Waals surface area (Å²) >= 11 is 1.39. The van der Waals surface area contributed by atoms with Crippen molar-refractivity contribution in [2.45, 2.75) is 26.9 Å². The second-order valence-corrected chi connectivity index (χ2v) is 6.31. The molecule has 118 valence electrons. The van der Waals surface area contributed by atoms with Crippen LogP contribution in [0.3, 0.4) is 0 Å². The van der Waals surface area contributed by atoms with E-state index in [1.54, 1.807) is 5.38 Å². The molecule has 0 radical (unpaired) electrons. The number of ether oxygens (including phenoxy) is 1. The van der Waals surface area contributed by atoms with Gasteiger partial charge in [0.15, 0.2) is 0 Å². The summed E-state index contributed by atoms with van der Waals surface area (Å²) in [6.07, 6.45) is 0. The van der Waals surface area contributed by atoms with Crippen LogP contribution in [-0.4, -0.2) is 17.5 Å². The lowest BCUT2D eigenvalue weighted by Crippen LogP contribution is -2.23. The summed E-state index contributed by atoms with van der Waals surface area (Å²) in [7, 11) is 0. The Bertz CT molecular complexity index is 625. The molecule has 0 aliphatic carbocycles. The summed E-state index contributed by atoms with van der Waals surface area (Å²) in [5.74, 6) is 1.11. The van der Waals surface area contributed by atoms with Gasteiger partial charge in [0.1, 0.15) is 16.5 Å². The van der Waals surface area contributed by atoms with Gasteiger partial charge in [-0.05, 0) is 23.6 Å². The largest absolute Gasteiger partial charge is 0.493 e. The molecular weight excluding hydrogens is 298 g/mol. The van der Waals surface area contributed by atoms with Crippen LogP contribution in [0.25, 0.3) is 0 Å². The highest BCUT2D eigenvalue weighted by molar-refractivity contribution is 7.09. The Morgan fingerprint density at radius 2 is 2.27 bits per heavy atom. The van der Waals surface area contributed by atoms with Crippen LogP contribution in [0.15, 0.2) is 29.6 Å². The number of carbonyl (C=O) groups is 1. The second-order valence-electron chi connectivity index (χ2n) is 5.37. The van der Waals surface area contributed by atoms with Crippen molar-refractivity contribution in [3.63, 3.8) is 0 Å². The summed E-state index contributed by atoms with van der Waals surface area (Å²) in [5, 5.41) is 5.33. The highest BCUT2D eigenvalue weighted by Crippen LogP contribution is 2.14. The fourth-order valence-corrected chi connectivity index (χ4v) is 2.44. The van der Waals surface area contributed by atoms with E-state index in [-0.39, 0.29) is 5.91 Å². The van der Waals surface area contributed by atoms with Gasteiger partial charge < -0.3 is 15.8 Å². The highest BCUT2D eigenvalue weighted by atomic mass is 32.1. The first kappa shape index (κ1) is 16.5. The second kappa shape index (κ2) is 7.91. The van der Waals surface area contributed by atoms with Crippen molar-refractivity contribution in [1.82, 2.24) is 10.3 Å². The molecule has 0 atom stereocenters. The van der Waals surface area contributed by atoms with Gasteiger partial charge in [0, 0.05) is 18.5 Å². The van der Waals surface area contributed by atoms with Crippen LogP contribution in [0.4, 0.5) is 0 Å². The van der Waals surface area contributed by atoms with Gasteiger partial charge in [-0.1, -0.05) is 26.0 Å². The average Bonchev–Trinajstić information content (AvgIpc) is 3.00. The van der Waals surface area contributed by atoms with Crippen molar-refractivity contribution in [3.8, 4) is 5.75 Å². The Kier molecular flexibility index (Phi) is 5.91. The zero-order valence-electron chi connectivity index (χ0n) is 12.8. The SMILES string of the molecule is CC(C)COc1cccc(CNC(=O)c2csc(CN)n2)c1. The number of benzene rings is 1. The molecule has 1 amide bonds. The summed E-state index contributed by atoms with van der Waals surface area (Å²) in [4.78, 5) is 16.2. The molecule has 1 heterocycles. The third kappa shape index (κ3) is 4.82. The van der Waals surface area contributed by atoms with Crippen LogP contribution >= 0.6 is 11.3 Å². The summed E-state index contributed by atoms with van der Waals surface area (Å²) in [6.45, 7) is 5.68. The molecule has 6 heteroatoms. The molecule has 1 aromatic carbocycles.